The third-order valence-electron chi connectivity index (χ3n) is 2.87. The summed E-state index contributed by atoms with van der Waals surface area (Å²) in [5, 5.41) is 9.09. The van der Waals surface area contributed by atoms with Gasteiger partial charge in [-0.3, -0.25) is 9.59 Å². The average Bonchev–Trinajstić information content (AvgIpc) is 2.28. The smallest absolute Gasteiger partial charge is 0.309 e. The Morgan fingerprint density at radius 1 is 1.44 bits per heavy atom. The zero-order chi connectivity index (χ0) is 13.3. The summed E-state index contributed by atoms with van der Waals surface area (Å²) in [5.41, 5.74) is 1.12. The number of carbonyl (C=O) groups is 1. The summed E-state index contributed by atoms with van der Waals surface area (Å²) in [5.74, 6) is -0.836. The summed E-state index contributed by atoms with van der Waals surface area (Å²) in [6.45, 7) is 3.36. The average molecular weight is 246 g/mol. The molecule has 0 aliphatic heterocycles. The van der Waals surface area contributed by atoms with Crippen molar-refractivity contribution in [2.75, 3.05) is 0 Å². The van der Waals surface area contributed by atoms with E-state index in [0.29, 0.717) is 17.5 Å². The number of hydrogen-bond acceptors (Lipinski definition) is 3. The molecule has 18 heavy (non-hydrogen) atoms. The van der Waals surface area contributed by atoms with Gasteiger partial charge in [0.15, 0.2) is 0 Å². The molecule has 5 heteroatoms. The van der Waals surface area contributed by atoms with Gasteiger partial charge in [0, 0.05) is 0 Å². The van der Waals surface area contributed by atoms with E-state index in [-0.39, 0.29) is 5.56 Å². The molecule has 0 bridgehead atoms. The van der Waals surface area contributed by atoms with Crippen LogP contribution < -0.4 is 5.56 Å². The Balaban J connectivity index is 2.39. The number of carboxylic acids is 1. The lowest BCUT2D eigenvalue weighted by Gasteiger charge is -2.18. The topological polar surface area (TPSA) is 83.0 Å². The number of rotatable bonds is 3. The third-order valence-corrected chi connectivity index (χ3v) is 2.87. The van der Waals surface area contributed by atoms with E-state index in [2.05, 4.69) is 9.97 Å². The van der Waals surface area contributed by atoms with Crippen LogP contribution in [-0.4, -0.2) is 21.0 Å². The van der Waals surface area contributed by atoms with Crippen molar-refractivity contribution < 1.29 is 9.90 Å². The first-order valence-corrected chi connectivity index (χ1v) is 5.60. The fourth-order valence-electron chi connectivity index (χ4n) is 1.78. The quantitative estimate of drug-likeness (QED) is 0.861. The van der Waals surface area contributed by atoms with Gasteiger partial charge in [0.2, 0.25) is 0 Å². The molecule has 1 aromatic carbocycles. The van der Waals surface area contributed by atoms with Crippen molar-refractivity contribution >= 4 is 17.0 Å². The minimum Gasteiger partial charge on any atom is -0.481 e. The number of benzene rings is 1. The van der Waals surface area contributed by atoms with Crippen molar-refractivity contribution in [2.24, 2.45) is 5.41 Å². The summed E-state index contributed by atoms with van der Waals surface area (Å²) < 4.78 is 0. The fourth-order valence-corrected chi connectivity index (χ4v) is 1.78. The monoisotopic (exact) mass is 246 g/mol. The van der Waals surface area contributed by atoms with Crippen LogP contribution in [0.5, 0.6) is 0 Å². The number of nitrogens with zero attached hydrogens (tertiary/aromatic N) is 1. The molecule has 0 radical (unpaired) electrons. The Morgan fingerprint density at radius 3 is 2.83 bits per heavy atom. The van der Waals surface area contributed by atoms with Crippen LogP contribution in [0.4, 0.5) is 0 Å². The van der Waals surface area contributed by atoms with E-state index in [0.717, 1.165) is 5.56 Å². The van der Waals surface area contributed by atoms with Crippen LogP contribution in [0.3, 0.4) is 0 Å². The molecule has 1 aromatic heterocycles. The summed E-state index contributed by atoms with van der Waals surface area (Å²) in [7, 11) is 0. The van der Waals surface area contributed by atoms with E-state index in [1.54, 1.807) is 26.0 Å². The van der Waals surface area contributed by atoms with Crippen LogP contribution in [0.2, 0.25) is 0 Å². The number of H-pyrrole nitrogens is 1. The molecule has 0 saturated carbocycles. The lowest BCUT2D eigenvalue weighted by Crippen LogP contribution is -2.26. The molecular formula is C13H14N2O3. The molecule has 2 rings (SSSR count). The summed E-state index contributed by atoms with van der Waals surface area (Å²) in [6, 6.07) is 5.36. The maximum Gasteiger partial charge on any atom is 0.309 e. The standard InChI is InChI=1S/C13H14N2O3/c1-13(2,12(17)18)6-8-3-4-9-10(5-8)14-7-11(16)15-9/h3-5,7H,6H2,1-2H3,(H,15,16)(H,17,18). The number of nitrogens with one attached hydrogen (secondary N) is 1. The van der Waals surface area contributed by atoms with Gasteiger partial charge in [-0.05, 0) is 38.0 Å². The maximum atomic E-state index is 11.1. The van der Waals surface area contributed by atoms with Gasteiger partial charge in [0.1, 0.15) is 0 Å². The van der Waals surface area contributed by atoms with E-state index in [1.807, 2.05) is 6.07 Å². The third kappa shape index (κ3) is 2.40. The Labute approximate surface area is 103 Å². The summed E-state index contributed by atoms with van der Waals surface area (Å²) >= 11 is 0. The minimum atomic E-state index is -0.836. The molecule has 1 heterocycles. The second-order valence-corrected chi connectivity index (χ2v) is 4.96. The lowest BCUT2D eigenvalue weighted by molar-refractivity contribution is -0.146. The van der Waals surface area contributed by atoms with E-state index in [4.69, 9.17) is 5.11 Å². The van der Waals surface area contributed by atoms with Gasteiger partial charge in [-0.25, -0.2) is 4.98 Å². The van der Waals surface area contributed by atoms with Crippen LogP contribution >= 0.6 is 0 Å². The first kappa shape index (κ1) is 12.3. The van der Waals surface area contributed by atoms with E-state index >= 15 is 0 Å². The Morgan fingerprint density at radius 2 is 2.17 bits per heavy atom. The van der Waals surface area contributed by atoms with Crippen molar-refractivity contribution in [3.05, 3.63) is 40.3 Å². The Kier molecular flexibility index (Phi) is 2.90. The Hall–Kier alpha value is -2.17. The summed E-state index contributed by atoms with van der Waals surface area (Å²) in [4.78, 5) is 28.9. The normalized spacial score (nSPS) is 11.7. The van der Waals surface area contributed by atoms with Gasteiger partial charge < -0.3 is 10.1 Å². The fraction of sp³-hybridized carbons (Fsp3) is 0.308. The van der Waals surface area contributed by atoms with E-state index < -0.39 is 11.4 Å². The molecular weight excluding hydrogens is 232 g/mol. The molecule has 0 aliphatic rings. The molecule has 0 aliphatic carbocycles. The zero-order valence-corrected chi connectivity index (χ0v) is 10.2. The zero-order valence-electron chi connectivity index (χ0n) is 10.2. The number of aromatic nitrogens is 2. The Bertz CT molecular complexity index is 659. The highest BCUT2D eigenvalue weighted by Gasteiger charge is 2.27. The molecule has 0 atom stereocenters. The molecule has 0 amide bonds. The van der Waals surface area contributed by atoms with Crippen molar-refractivity contribution in [1.82, 2.24) is 9.97 Å². The SMILES string of the molecule is CC(C)(Cc1ccc2[nH]c(=O)cnc2c1)C(=O)O. The lowest BCUT2D eigenvalue weighted by atomic mass is 9.86. The number of carboxylic acid groups (broad SMARTS) is 1. The molecule has 2 N–H and O–H groups in total. The second-order valence-electron chi connectivity index (χ2n) is 4.96. The van der Waals surface area contributed by atoms with Crippen molar-refractivity contribution in [2.45, 2.75) is 20.3 Å². The van der Waals surface area contributed by atoms with Gasteiger partial charge in [0.05, 0.1) is 22.6 Å². The van der Waals surface area contributed by atoms with Crippen molar-refractivity contribution in [3.8, 4) is 0 Å². The molecule has 5 nitrogen and oxygen atoms in total. The first-order chi connectivity index (χ1) is 8.38. The van der Waals surface area contributed by atoms with Gasteiger partial charge >= 0.3 is 5.97 Å². The highest BCUT2D eigenvalue weighted by atomic mass is 16.4. The van der Waals surface area contributed by atoms with E-state index in [1.165, 1.54) is 6.20 Å². The number of hydrogen-bond donors (Lipinski definition) is 2. The van der Waals surface area contributed by atoms with Crippen LogP contribution in [-0.2, 0) is 11.2 Å². The van der Waals surface area contributed by atoms with Gasteiger partial charge in [-0.15, -0.1) is 0 Å². The highest BCUT2D eigenvalue weighted by molar-refractivity contribution is 5.76. The molecule has 0 unspecified atom stereocenters. The first-order valence-electron chi connectivity index (χ1n) is 5.60. The molecule has 2 aromatic rings. The molecule has 94 valence electrons. The molecule has 0 spiro atoms. The van der Waals surface area contributed by atoms with E-state index in [9.17, 15) is 9.59 Å². The van der Waals surface area contributed by atoms with Gasteiger partial charge in [-0.1, -0.05) is 6.07 Å². The molecule has 0 saturated heterocycles. The highest BCUT2D eigenvalue weighted by Crippen LogP contribution is 2.23. The predicted octanol–water partition coefficient (Wildman–Crippen LogP) is 1.58. The predicted molar refractivity (Wildman–Crippen MR) is 67.5 cm³/mol. The second kappa shape index (κ2) is 4.25. The van der Waals surface area contributed by atoms with Crippen LogP contribution in [0.25, 0.3) is 11.0 Å². The minimum absolute atomic E-state index is 0.249. The van der Waals surface area contributed by atoms with Crippen LogP contribution in [0.1, 0.15) is 19.4 Å². The van der Waals surface area contributed by atoms with Gasteiger partial charge in [0.25, 0.3) is 5.56 Å². The number of aliphatic carboxylic acids is 1. The van der Waals surface area contributed by atoms with Crippen LogP contribution in [0.15, 0.2) is 29.2 Å². The number of aromatic amines is 1. The maximum absolute atomic E-state index is 11.1. The number of fused-ring (bicyclic) bond motifs is 1. The van der Waals surface area contributed by atoms with Crippen molar-refractivity contribution in [1.29, 1.82) is 0 Å². The summed E-state index contributed by atoms with van der Waals surface area (Å²) in [6.07, 6.45) is 1.63. The van der Waals surface area contributed by atoms with Crippen molar-refractivity contribution in [3.63, 3.8) is 0 Å². The molecule has 0 fully saturated rings. The van der Waals surface area contributed by atoms with Crippen LogP contribution in [0, 0.1) is 5.41 Å². The van der Waals surface area contributed by atoms with Gasteiger partial charge in [-0.2, -0.15) is 0 Å². The largest absolute Gasteiger partial charge is 0.481 e.